The van der Waals surface area contributed by atoms with Gasteiger partial charge in [-0.15, -0.1) is 11.3 Å². The summed E-state index contributed by atoms with van der Waals surface area (Å²) < 4.78 is 6.19. The van der Waals surface area contributed by atoms with Crippen molar-refractivity contribution in [1.29, 1.82) is 0 Å². The number of nitrogens with one attached hydrogen (secondary N) is 1. The number of amides is 1. The van der Waals surface area contributed by atoms with E-state index in [0.29, 0.717) is 21.4 Å². The Bertz CT molecular complexity index is 1450. The van der Waals surface area contributed by atoms with Crippen molar-refractivity contribution in [3.63, 3.8) is 0 Å². The Kier molecular flexibility index (Phi) is 6.87. The van der Waals surface area contributed by atoms with Gasteiger partial charge in [0.15, 0.2) is 0 Å². The highest BCUT2D eigenvalue weighted by molar-refractivity contribution is 7.21. The third-order valence-corrected chi connectivity index (χ3v) is 6.44. The molecule has 11 heteroatoms. The van der Waals surface area contributed by atoms with Gasteiger partial charge in [-0.25, -0.2) is 10.2 Å². The molecule has 0 saturated heterocycles. The molecular formula is C23H13Cl2N3O5S. The normalized spacial score (nSPS) is 11.0. The molecule has 0 radical (unpaired) electrons. The average molecular weight is 514 g/mol. The number of halogens is 2. The molecule has 0 saturated carbocycles. The summed E-state index contributed by atoms with van der Waals surface area (Å²) in [5, 5.41) is 16.2. The molecule has 3 aromatic carbocycles. The molecule has 0 aliphatic carbocycles. The number of rotatable bonds is 6. The van der Waals surface area contributed by atoms with Crippen LogP contribution in [0.5, 0.6) is 5.75 Å². The molecule has 1 heterocycles. The summed E-state index contributed by atoms with van der Waals surface area (Å²) in [7, 11) is 0. The lowest BCUT2D eigenvalue weighted by molar-refractivity contribution is -0.384. The first-order valence-corrected chi connectivity index (χ1v) is 11.2. The Hall–Kier alpha value is -3.79. The number of non-ortho nitro benzene ring substituents is 1. The first-order valence-electron chi connectivity index (χ1n) is 9.59. The number of nitro groups is 1. The Morgan fingerprint density at radius 2 is 1.82 bits per heavy atom. The molecule has 0 spiro atoms. The van der Waals surface area contributed by atoms with Gasteiger partial charge in [0.2, 0.25) is 0 Å². The van der Waals surface area contributed by atoms with Crippen LogP contribution in [0.3, 0.4) is 0 Å². The van der Waals surface area contributed by atoms with Crippen molar-refractivity contribution in [2.45, 2.75) is 0 Å². The van der Waals surface area contributed by atoms with Crippen molar-refractivity contribution in [3.05, 3.63) is 103 Å². The maximum Gasteiger partial charge on any atom is 0.355 e. The van der Waals surface area contributed by atoms with Gasteiger partial charge in [-0.1, -0.05) is 35.3 Å². The fourth-order valence-corrected chi connectivity index (χ4v) is 4.60. The lowest BCUT2D eigenvalue weighted by atomic mass is 10.2. The summed E-state index contributed by atoms with van der Waals surface area (Å²) in [5.41, 5.74) is 2.84. The van der Waals surface area contributed by atoms with Crippen LogP contribution in [0.25, 0.3) is 10.1 Å². The standard InChI is InChI=1S/C23H13Cl2N3O5S/c24-15-6-9-18-19(11-15)34-21(20(18)25)23(30)33-17-7-4-13(5-8-17)12-26-27-22(29)14-2-1-3-16(10-14)28(31)32/h1-12H,(H,27,29). The highest BCUT2D eigenvalue weighted by Gasteiger charge is 2.19. The van der Waals surface area contributed by atoms with Gasteiger partial charge in [0, 0.05) is 32.8 Å². The van der Waals surface area contributed by atoms with Gasteiger partial charge >= 0.3 is 5.97 Å². The van der Waals surface area contributed by atoms with Crippen LogP contribution in [-0.4, -0.2) is 23.0 Å². The molecule has 34 heavy (non-hydrogen) atoms. The van der Waals surface area contributed by atoms with E-state index in [1.54, 1.807) is 42.5 Å². The van der Waals surface area contributed by atoms with Crippen molar-refractivity contribution in [1.82, 2.24) is 5.43 Å². The van der Waals surface area contributed by atoms with Crippen LogP contribution in [-0.2, 0) is 0 Å². The Labute approximate surface area is 206 Å². The second-order valence-corrected chi connectivity index (χ2v) is 8.72. The Balaban J connectivity index is 1.38. The topological polar surface area (TPSA) is 111 Å². The fraction of sp³-hybridized carbons (Fsp3) is 0. The molecule has 0 aliphatic rings. The second-order valence-electron chi connectivity index (χ2n) is 6.85. The van der Waals surface area contributed by atoms with Crippen LogP contribution >= 0.6 is 34.5 Å². The molecule has 0 aliphatic heterocycles. The van der Waals surface area contributed by atoms with Crippen molar-refractivity contribution in [2.75, 3.05) is 0 Å². The average Bonchev–Trinajstić information content (AvgIpc) is 3.15. The molecule has 0 atom stereocenters. The second kappa shape index (κ2) is 10.0. The molecule has 4 rings (SSSR count). The van der Waals surface area contributed by atoms with Gasteiger partial charge in [-0.2, -0.15) is 5.10 Å². The highest BCUT2D eigenvalue weighted by atomic mass is 35.5. The molecule has 1 amide bonds. The summed E-state index contributed by atoms with van der Waals surface area (Å²) in [4.78, 5) is 35.2. The van der Waals surface area contributed by atoms with Crippen LogP contribution in [0.1, 0.15) is 25.6 Å². The molecule has 0 unspecified atom stereocenters. The zero-order valence-electron chi connectivity index (χ0n) is 17.0. The molecule has 170 valence electrons. The lowest BCUT2D eigenvalue weighted by Gasteiger charge is -2.03. The number of esters is 1. The zero-order valence-corrected chi connectivity index (χ0v) is 19.4. The Morgan fingerprint density at radius 1 is 1.06 bits per heavy atom. The maximum atomic E-state index is 12.6. The van der Waals surface area contributed by atoms with E-state index in [9.17, 15) is 19.7 Å². The van der Waals surface area contributed by atoms with E-state index < -0.39 is 16.8 Å². The largest absolute Gasteiger partial charge is 0.422 e. The number of ether oxygens (including phenoxy) is 1. The minimum absolute atomic E-state index is 0.107. The quantitative estimate of drug-likeness (QED) is 0.110. The Morgan fingerprint density at radius 3 is 2.56 bits per heavy atom. The summed E-state index contributed by atoms with van der Waals surface area (Å²) >= 11 is 13.5. The summed E-state index contributed by atoms with van der Waals surface area (Å²) in [6.07, 6.45) is 1.38. The third-order valence-electron chi connectivity index (χ3n) is 4.57. The fourth-order valence-electron chi connectivity index (χ4n) is 2.94. The molecule has 0 fully saturated rings. The molecule has 1 N–H and O–H groups in total. The smallest absolute Gasteiger partial charge is 0.355 e. The van der Waals surface area contributed by atoms with Crippen molar-refractivity contribution < 1.29 is 19.2 Å². The van der Waals surface area contributed by atoms with Gasteiger partial charge in [0.1, 0.15) is 10.6 Å². The monoisotopic (exact) mass is 513 g/mol. The summed E-state index contributed by atoms with van der Waals surface area (Å²) in [6, 6.07) is 16.9. The van der Waals surface area contributed by atoms with Crippen molar-refractivity contribution >= 4 is 68.4 Å². The molecule has 8 nitrogen and oxygen atoms in total. The van der Waals surface area contributed by atoms with Crippen molar-refractivity contribution in [3.8, 4) is 5.75 Å². The number of hydrogen-bond acceptors (Lipinski definition) is 7. The lowest BCUT2D eigenvalue weighted by Crippen LogP contribution is -2.17. The van der Waals surface area contributed by atoms with E-state index in [1.165, 1.54) is 35.8 Å². The molecule has 0 bridgehead atoms. The number of hydrogen-bond donors (Lipinski definition) is 1. The first-order chi connectivity index (χ1) is 16.3. The van der Waals surface area contributed by atoms with E-state index >= 15 is 0 Å². The van der Waals surface area contributed by atoms with Gasteiger partial charge in [-0.05, 0) is 48.0 Å². The third kappa shape index (κ3) is 5.23. The minimum Gasteiger partial charge on any atom is -0.422 e. The summed E-state index contributed by atoms with van der Waals surface area (Å²) in [6.45, 7) is 0. The van der Waals surface area contributed by atoms with Crippen LogP contribution < -0.4 is 10.2 Å². The van der Waals surface area contributed by atoms with Crippen molar-refractivity contribution in [2.24, 2.45) is 5.10 Å². The van der Waals surface area contributed by atoms with Gasteiger partial charge in [0.25, 0.3) is 11.6 Å². The SMILES string of the molecule is O=C(NN=Cc1ccc(OC(=O)c2sc3cc(Cl)ccc3c2Cl)cc1)c1cccc([N+](=O)[O-])c1. The molecule has 1 aromatic heterocycles. The maximum absolute atomic E-state index is 12.6. The van der Waals surface area contributed by atoms with Crippen LogP contribution in [0.4, 0.5) is 5.69 Å². The van der Waals surface area contributed by atoms with E-state index in [4.69, 9.17) is 27.9 Å². The number of nitrogens with zero attached hydrogens (tertiary/aromatic N) is 2. The van der Waals surface area contributed by atoms with E-state index in [-0.39, 0.29) is 16.1 Å². The number of fused-ring (bicyclic) bond motifs is 1. The number of nitro benzene ring substituents is 1. The zero-order chi connectivity index (χ0) is 24.2. The van der Waals surface area contributed by atoms with E-state index in [0.717, 1.165) is 16.2 Å². The number of carbonyl (C=O) groups excluding carboxylic acids is 2. The van der Waals surface area contributed by atoms with Gasteiger partial charge < -0.3 is 4.74 Å². The van der Waals surface area contributed by atoms with E-state index in [2.05, 4.69) is 10.5 Å². The minimum atomic E-state index is -0.591. The molecular weight excluding hydrogens is 501 g/mol. The van der Waals surface area contributed by atoms with Gasteiger partial charge in [-0.3, -0.25) is 14.9 Å². The number of carbonyl (C=O) groups is 2. The number of thiophene rings is 1. The predicted octanol–water partition coefficient (Wildman–Crippen LogP) is 6.10. The predicted molar refractivity (Wildman–Crippen MR) is 131 cm³/mol. The van der Waals surface area contributed by atoms with E-state index in [1.807, 2.05) is 0 Å². The van der Waals surface area contributed by atoms with Crippen LogP contribution in [0, 0.1) is 10.1 Å². The number of hydrazone groups is 1. The highest BCUT2D eigenvalue weighted by Crippen LogP contribution is 2.37. The first kappa shape index (κ1) is 23.4. The summed E-state index contributed by atoms with van der Waals surface area (Å²) in [5.74, 6) is -0.880. The van der Waals surface area contributed by atoms with Crippen LogP contribution in [0.2, 0.25) is 10.0 Å². The van der Waals surface area contributed by atoms with Crippen LogP contribution in [0.15, 0.2) is 71.8 Å². The molecule has 4 aromatic rings. The van der Waals surface area contributed by atoms with Gasteiger partial charge in [0.05, 0.1) is 16.2 Å². The number of benzene rings is 3.